The Balaban J connectivity index is 1.55. The summed E-state index contributed by atoms with van der Waals surface area (Å²) in [7, 11) is 4.20. The van der Waals surface area contributed by atoms with Gasteiger partial charge in [0.2, 0.25) is 0 Å². The van der Waals surface area contributed by atoms with Crippen LogP contribution in [0.5, 0.6) is 5.75 Å². The molecule has 1 aliphatic rings. The van der Waals surface area contributed by atoms with Crippen molar-refractivity contribution in [2.24, 2.45) is 5.41 Å². The number of benzene rings is 2. The molecule has 1 fully saturated rings. The predicted octanol–water partition coefficient (Wildman–Crippen LogP) is 4.69. The van der Waals surface area contributed by atoms with Crippen LogP contribution in [-0.4, -0.2) is 53.8 Å². The minimum atomic E-state index is -0.477. The van der Waals surface area contributed by atoms with Crippen LogP contribution in [0, 0.1) is 5.41 Å². The van der Waals surface area contributed by atoms with Gasteiger partial charge in [0.1, 0.15) is 17.8 Å². The van der Waals surface area contributed by atoms with E-state index < -0.39 is 5.41 Å². The number of nitrogens with zero attached hydrogens (tertiary/aromatic N) is 3. The number of aromatic nitrogens is 2. The molecule has 6 heteroatoms. The first-order valence-electron chi connectivity index (χ1n) is 11.4. The maximum absolute atomic E-state index is 12.4. The maximum atomic E-state index is 12.4. The molecular formula is C26H33N3O3. The zero-order chi connectivity index (χ0) is 22.7. The van der Waals surface area contributed by atoms with E-state index in [1.165, 1.54) is 5.56 Å². The highest BCUT2D eigenvalue weighted by molar-refractivity contribution is 5.84. The molecule has 0 bridgehead atoms. The summed E-state index contributed by atoms with van der Waals surface area (Å²) in [6.07, 6.45) is 8.44. The van der Waals surface area contributed by atoms with E-state index in [0.717, 1.165) is 35.8 Å². The molecule has 3 aromatic rings. The number of likely N-dealkylation sites (N-methyl/N-ethyl adjacent to an activating group) is 1. The Bertz CT molecular complexity index is 1060. The third kappa shape index (κ3) is 4.37. The van der Waals surface area contributed by atoms with Crippen molar-refractivity contribution in [3.8, 4) is 5.75 Å². The third-order valence-corrected chi connectivity index (χ3v) is 6.83. The highest BCUT2D eigenvalue weighted by Gasteiger charge is 2.46. The van der Waals surface area contributed by atoms with Crippen molar-refractivity contribution in [2.45, 2.75) is 45.2 Å². The fourth-order valence-electron chi connectivity index (χ4n) is 4.45. The normalized spacial score (nSPS) is 17.0. The van der Waals surface area contributed by atoms with Gasteiger partial charge in [0.05, 0.1) is 19.0 Å². The molecule has 1 saturated carbocycles. The predicted molar refractivity (Wildman–Crippen MR) is 126 cm³/mol. The second-order valence-corrected chi connectivity index (χ2v) is 9.07. The molecule has 6 nitrogen and oxygen atoms in total. The number of hydrogen-bond donors (Lipinski definition) is 0. The lowest BCUT2D eigenvalue weighted by atomic mass is 9.69. The molecule has 32 heavy (non-hydrogen) atoms. The van der Waals surface area contributed by atoms with Crippen molar-refractivity contribution in [3.05, 3.63) is 60.7 Å². The molecule has 4 rings (SSSR count). The molecule has 2 unspecified atom stereocenters. The van der Waals surface area contributed by atoms with Crippen LogP contribution < -0.4 is 4.74 Å². The third-order valence-electron chi connectivity index (χ3n) is 6.83. The first-order chi connectivity index (χ1) is 15.4. The van der Waals surface area contributed by atoms with Crippen LogP contribution in [0.2, 0.25) is 0 Å². The van der Waals surface area contributed by atoms with Gasteiger partial charge in [-0.3, -0.25) is 4.79 Å². The Labute approximate surface area is 190 Å². The van der Waals surface area contributed by atoms with Gasteiger partial charge in [-0.15, -0.1) is 0 Å². The highest BCUT2D eigenvalue weighted by Crippen LogP contribution is 2.42. The largest absolute Gasteiger partial charge is 0.492 e. The Morgan fingerprint density at radius 1 is 1.19 bits per heavy atom. The number of hydrogen-bond acceptors (Lipinski definition) is 5. The minimum Gasteiger partial charge on any atom is -0.492 e. The molecule has 1 heterocycles. The van der Waals surface area contributed by atoms with Crippen LogP contribution in [0.25, 0.3) is 10.8 Å². The van der Waals surface area contributed by atoms with Crippen molar-refractivity contribution in [1.82, 2.24) is 14.5 Å². The average molecular weight is 436 g/mol. The molecule has 0 spiro atoms. The molecule has 1 aromatic heterocycles. The molecule has 0 amide bonds. The number of carbonyl (C=O) groups excluding carboxylic acids is 1. The van der Waals surface area contributed by atoms with Gasteiger partial charge < -0.3 is 18.9 Å². The van der Waals surface area contributed by atoms with E-state index in [2.05, 4.69) is 65.8 Å². The van der Waals surface area contributed by atoms with E-state index >= 15 is 0 Å². The monoisotopic (exact) mass is 435 g/mol. The van der Waals surface area contributed by atoms with Crippen molar-refractivity contribution >= 4 is 16.7 Å². The smallest absolute Gasteiger partial charge is 0.315 e. The topological polar surface area (TPSA) is 56.6 Å². The van der Waals surface area contributed by atoms with Crippen molar-refractivity contribution in [1.29, 1.82) is 0 Å². The fourth-order valence-corrected chi connectivity index (χ4v) is 4.45. The average Bonchev–Trinajstić information content (AvgIpc) is 3.27. The number of carbonyl (C=O) groups is 1. The van der Waals surface area contributed by atoms with Gasteiger partial charge in [0, 0.05) is 18.4 Å². The van der Waals surface area contributed by atoms with Crippen molar-refractivity contribution in [2.75, 3.05) is 27.3 Å². The van der Waals surface area contributed by atoms with Gasteiger partial charge in [-0.2, -0.15) is 0 Å². The zero-order valence-electron chi connectivity index (χ0n) is 19.5. The Morgan fingerprint density at radius 3 is 2.56 bits per heavy atom. The Hall–Kier alpha value is -2.86. The van der Waals surface area contributed by atoms with E-state index in [4.69, 9.17) is 9.47 Å². The van der Waals surface area contributed by atoms with Crippen LogP contribution in [-0.2, 0) is 9.53 Å². The number of rotatable bonds is 9. The first kappa shape index (κ1) is 22.3. The van der Waals surface area contributed by atoms with Gasteiger partial charge in [0.15, 0.2) is 0 Å². The number of fused-ring (bicyclic) bond motifs is 1. The first-order valence-corrected chi connectivity index (χ1v) is 11.4. The van der Waals surface area contributed by atoms with Gasteiger partial charge in [-0.1, -0.05) is 24.6 Å². The lowest BCUT2D eigenvalue weighted by molar-refractivity contribution is -0.163. The van der Waals surface area contributed by atoms with Crippen LogP contribution in [0.1, 0.15) is 44.7 Å². The lowest BCUT2D eigenvalue weighted by Gasteiger charge is -2.38. The standard InChI is InChI=1S/C26H33N3O3/c1-5-31-25(30)26(11-6-12-26)17-32-23-10-9-20-15-22(8-7-21(20)16-23)24(19(2)28(3)4)29-14-13-27-18-29/h7-10,13-16,18-19,24H,5-6,11-12,17H2,1-4H3. The maximum Gasteiger partial charge on any atom is 0.315 e. The van der Waals surface area contributed by atoms with Gasteiger partial charge >= 0.3 is 5.97 Å². The minimum absolute atomic E-state index is 0.128. The zero-order valence-corrected chi connectivity index (χ0v) is 19.5. The summed E-state index contributed by atoms with van der Waals surface area (Å²) in [5.74, 6) is 0.658. The van der Waals surface area contributed by atoms with Crippen LogP contribution in [0.3, 0.4) is 0 Å². The highest BCUT2D eigenvalue weighted by atomic mass is 16.5. The molecular weight excluding hydrogens is 402 g/mol. The molecule has 2 aromatic carbocycles. The lowest BCUT2D eigenvalue weighted by Crippen LogP contribution is -2.44. The molecule has 1 aliphatic carbocycles. The summed E-state index contributed by atoms with van der Waals surface area (Å²) >= 11 is 0. The summed E-state index contributed by atoms with van der Waals surface area (Å²) in [4.78, 5) is 18.9. The molecule has 2 atom stereocenters. The quantitative estimate of drug-likeness (QED) is 0.457. The fraction of sp³-hybridized carbons (Fsp3) is 0.462. The second-order valence-electron chi connectivity index (χ2n) is 9.07. The van der Waals surface area contributed by atoms with Gasteiger partial charge in [0.25, 0.3) is 0 Å². The molecule has 0 N–H and O–H groups in total. The van der Waals surface area contributed by atoms with Crippen molar-refractivity contribution in [3.63, 3.8) is 0 Å². The Morgan fingerprint density at radius 2 is 1.94 bits per heavy atom. The van der Waals surface area contributed by atoms with Crippen LogP contribution in [0.15, 0.2) is 55.1 Å². The number of imidazole rings is 1. The summed E-state index contributed by atoms with van der Waals surface area (Å²) in [6.45, 7) is 4.86. The van der Waals surface area contributed by atoms with E-state index in [1.54, 1.807) is 0 Å². The van der Waals surface area contributed by atoms with Crippen molar-refractivity contribution < 1.29 is 14.3 Å². The molecule has 170 valence electrons. The molecule has 0 aliphatic heterocycles. The van der Waals surface area contributed by atoms with E-state index in [0.29, 0.717) is 19.3 Å². The second kappa shape index (κ2) is 9.33. The molecule has 0 radical (unpaired) electrons. The van der Waals surface area contributed by atoms with Gasteiger partial charge in [-0.25, -0.2) is 4.98 Å². The summed E-state index contributed by atoms with van der Waals surface area (Å²) in [5, 5.41) is 2.28. The van der Waals surface area contributed by atoms with Crippen LogP contribution >= 0.6 is 0 Å². The number of ether oxygens (including phenoxy) is 2. The number of esters is 1. The summed E-state index contributed by atoms with van der Waals surface area (Å²) < 4.78 is 13.5. The van der Waals surface area contributed by atoms with E-state index in [-0.39, 0.29) is 12.0 Å². The summed E-state index contributed by atoms with van der Waals surface area (Å²) in [6, 6.07) is 13.2. The van der Waals surface area contributed by atoms with E-state index in [9.17, 15) is 4.79 Å². The Kier molecular flexibility index (Phi) is 6.51. The van der Waals surface area contributed by atoms with Gasteiger partial charge in [-0.05, 0) is 75.3 Å². The SMILES string of the molecule is CCOC(=O)C1(COc2ccc3cc(C(C(C)N(C)C)n4ccnc4)ccc3c2)CCC1. The molecule has 0 saturated heterocycles. The van der Waals surface area contributed by atoms with E-state index in [1.807, 2.05) is 31.7 Å². The summed E-state index contributed by atoms with van der Waals surface area (Å²) in [5.41, 5.74) is 0.760. The van der Waals surface area contributed by atoms with Crippen LogP contribution in [0.4, 0.5) is 0 Å².